The molecule has 1 amide bonds. The van der Waals surface area contributed by atoms with Gasteiger partial charge in [-0.1, -0.05) is 17.3 Å². The van der Waals surface area contributed by atoms with Crippen molar-refractivity contribution in [3.05, 3.63) is 41.8 Å². The number of halogens is 2. The van der Waals surface area contributed by atoms with Crippen LogP contribution in [0, 0.1) is 5.92 Å². The van der Waals surface area contributed by atoms with Crippen LogP contribution >= 0.6 is 0 Å². The topological polar surface area (TPSA) is 85.8 Å². The number of para-hydroxylation sites is 2. The third kappa shape index (κ3) is 3.21. The first-order valence-electron chi connectivity index (χ1n) is 7.96. The van der Waals surface area contributed by atoms with E-state index in [1.165, 1.54) is 4.57 Å². The van der Waals surface area contributed by atoms with Crippen LogP contribution < -0.4 is 5.32 Å². The highest BCUT2D eigenvalue weighted by Gasteiger charge is 2.24. The molecule has 2 heterocycles. The third-order valence-electron chi connectivity index (χ3n) is 4.09. The van der Waals surface area contributed by atoms with Crippen LogP contribution in [0.5, 0.6) is 0 Å². The lowest BCUT2D eigenvalue weighted by molar-refractivity contribution is 0.0908. The summed E-state index contributed by atoms with van der Waals surface area (Å²) in [7, 11) is 0. The molecule has 0 spiro atoms. The van der Waals surface area contributed by atoms with Crippen LogP contribution in [-0.2, 0) is 6.54 Å². The Morgan fingerprint density at radius 3 is 2.88 bits per heavy atom. The fourth-order valence-electron chi connectivity index (χ4n) is 2.61. The summed E-state index contributed by atoms with van der Waals surface area (Å²) in [5.41, 5.74) is 1.01. The molecule has 7 nitrogen and oxygen atoms in total. The summed E-state index contributed by atoms with van der Waals surface area (Å²) in [5.74, 6) is -0.321. The highest BCUT2D eigenvalue weighted by atomic mass is 19.3. The molecule has 1 fully saturated rings. The Hall–Kier alpha value is -2.84. The zero-order valence-electron chi connectivity index (χ0n) is 13.2. The number of nitrogens with one attached hydrogen (secondary N) is 1. The van der Waals surface area contributed by atoms with Gasteiger partial charge in [-0.2, -0.15) is 4.98 Å². The van der Waals surface area contributed by atoms with Gasteiger partial charge in [0.1, 0.15) is 0 Å². The molecule has 0 unspecified atom stereocenters. The molecule has 1 saturated carbocycles. The fraction of sp³-hybridized carbons (Fsp3) is 0.375. The lowest BCUT2D eigenvalue weighted by Crippen LogP contribution is -2.25. The van der Waals surface area contributed by atoms with Crippen LogP contribution in [0.3, 0.4) is 0 Å². The number of rotatable bonds is 6. The van der Waals surface area contributed by atoms with Crippen molar-refractivity contribution in [2.45, 2.75) is 25.8 Å². The second-order valence-corrected chi connectivity index (χ2v) is 6.01. The van der Waals surface area contributed by atoms with Crippen molar-refractivity contribution in [2.24, 2.45) is 5.92 Å². The van der Waals surface area contributed by atoms with Crippen molar-refractivity contribution in [2.75, 3.05) is 6.54 Å². The summed E-state index contributed by atoms with van der Waals surface area (Å²) < 4.78 is 32.8. The van der Waals surface area contributed by atoms with E-state index in [4.69, 9.17) is 4.52 Å². The summed E-state index contributed by atoms with van der Waals surface area (Å²) in [6.45, 7) is 0.526. The van der Waals surface area contributed by atoms with Crippen LogP contribution in [0.2, 0.25) is 0 Å². The van der Waals surface area contributed by atoms with Crippen LogP contribution in [-0.4, -0.2) is 32.1 Å². The summed E-state index contributed by atoms with van der Waals surface area (Å²) in [4.78, 5) is 19.9. The molecule has 130 valence electrons. The number of fused-ring (bicyclic) bond motifs is 1. The Kier molecular flexibility index (Phi) is 3.90. The van der Waals surface area contributed by atoms with E-state index in [2.05, 4.69) is 20.4 Å². The third-order valence-corrected chi connectivity index (χ3v) is 4.09. The van der Waals surface area contributed by atoms with Crippen LogP contribution in [0.1, 0.15) is 41.6 Å². The normalized spacial score (nSPS) is 14.4. The number of alkyl halides is 2. The Morgan fingerprint density at radius 1 is 1.32 bits per heavy atom. The predicted octanol–water partition coefficient (Wildman–Crippen LogP) is 2.55. The maximum absolute atomic E-state index is 13.3. The number of carbonyl (C=O) groups is 1. The first kappa shape index (κ1) is 15.7. The second kappa shape index (κ2) is 6.23. The molecule has 1 aliphatic carbocycles. The largest absolute Gasteiger partial charge is 0.348 e. The molecular formula is C16H15F2N5O2. The molecule has 0 atom stereocenters. The number of hydrogen-bond acceptors (Lipinski definition) is 5. The van der Waals surface area contributed by atoms with E-state index in [1.54, 1.807) is 24.3 Å². The summed E-state index contributed by atoms with van der Waals surface area (Å²) >= 11 is 0. The maximum Gasteiger partial charge on any atom is 0.316 e. The molecule has 3 aromatic rings. The van der Waals surface area contributed by atoms with Gasteiger partial charge in [0.25, 0.3) is 6.43 Å². The minimum atomic E-state index is -2.74. The van der Waals surface area contributed by atoms with Gasteiger partial charge in [0.2, 0.25) is 0 Å². The summed E-state index contributed by atoms with van der Waals surface area (Å²) in [5, 5.41) is 6.44. The molecule has 1 aliphatic rings. The molecule has 4 rings (SSSR count). The lowest BCUT2D eigenvalue weighted by atomic mass is 10.3. The number of nitrogens with zero attached hydrogens (tertiary/aromatic N) is 4. The average Bonchev–Trinajstić information content (AvgIpc) is 3.19. The number of hydrogen-bond donors (Lipinski definition) is 1. The zero-order chi connectivity index (χ0) is 17.4. The number of carbonyl (C=O) groups excluding carboxylic acids is 1. The number of aromatic nitrogens is 4. The second-order valence-electron chi connectivity index (χ2n) is 6.01. The van der Waals surface area contributed by atoms with Gasteiger partial charge >= 0.3 is 11.8 Å². The summed E-state index contributed by atoms with van der Waals surface area (Å²) in [6, 6.07) is 6.82. The number of benzene rings is 1. The van der Waals surface area contributed by atoms with E-state index >= 15 is 0 Å². The van der Waals surface area contributed by atoms with Crippen molar-refractivity contribution in [1.29, 1.82) is 0 Å². The Labute approximate surface area is 141 Å². The van der Waals surface area contributed by atoms with Gasteiger partial charge in [0, 0.05) is 6.54 Å². The Morgan fingerprint density at radius 2 is 2.12 bits per heavy atom. The highest BCUT2D eigenvalue weighted by molar-refractivity contribution is 5.89. The Balaban J connectivity index is 1.57. The highest BCUT2D eigenvalue weighted by Crippen LogP contribution is 2.27. The van der Waals surface area contributed by atoms with Gasteiger partial charge in [-0.05, 0) is 30.9 Å². The first-order valence-corrected chi connectivity index (χ1v) is 7.96. The molecule has 0 radical (unpaired) electrons. The zero-order valence-corrected chi connectivity index (χ0v) is 13.2. The minimum Gasteiger partial charge on any atom is -0.348 e. The van der Waals surface area contributed by atoms with Gasteiger partial charge in [-0.3, -0.25) is 4.79 Å². The van der Waals surface area contributed by atoms with Gasteiger partial charge in [0.05, 0.1) is 17.6 Å². The summed E-state index contributed by atoms with van der Waals surface area (Å²) in [6.07, 6.45) is -0.514. The van der Waals surface area contributed by atoms with E-state index in [9.17, 15) is 13.6 Å². The van der Waals surface area contributed by atoms with Crippen LogP contribution in [0.25, 0.3) is 11.0 Å². The molecule has 0 bridgehead atoms. The van der Waals surface area contributed by atoms with Gasteiger partial charge < -0.3 is 14.4 Å². The van der Waals surface area contributed by atoms with Gasteiger partial charge in [-0.25, -0.2) is 13.8 Å². The first-order chi connectivity index (χ1) is 12.1. The molecule has 0 saturated heterocycles. The van der Waals surface area contributed by atoms with Crippen LogP contribution in [0.15, 0.2) is 28.8 Å². The molecule has 1 N–H and O–H groups in total. The standard InChI is InChI=1S/C16H15F2N5O2/c17-13(18)14-20-10-3-1-2-4-11(10)23(14)8-12-21-16(25-22-12)15(24)19-7-9-5-6-9/h1-4,9,13H,5-8H2,(H,19,24). The van der Waals surface area contributed by atoms with E-state index < -0.39 is 12.3 Å². The van der Waals surface area contributed by atoms with E-state index in [0.29, 0.717) is 23.5 Å². The van der Waals surface area contributed by atoms with E-state index in [1.807, 2.05) is 0 Å². The van der Waals surface area contributed by atoms with Crippen molar-refractivity contribution in [3.63, 3.8) is 0 Å². The predicted molar refractivity (Wildman–Crippen MR) is 83.1 cm³/mol. The molecule has 9 heteroatoms. The number of imidazole rings is 1. The maximum atomic E-state index is 13.3. The lowest BCUT2D eigenvalue weighted by Gasteiger charge is -2.05. The van der Waals surface area contributed by atoms with E-state index in [-0.39, 0.29) is 24.1 Å². The smallest absolute Gasteiger partial charge is 0.316 e. The van der Waals surface area contributed by atoms with Crippen LogP contribution in [0.4, 0.5) is 8.78 Å². The molecule has 2 aromatic heterocycles. The quantitative estimate of drug-likeness (QED) is 0.741. The van der Waals surface area contributed by atoms with Crippen molar-refractivity contribution < 1.29 is 18.1 Å². The van der Waals surface area contributed by atoms with Gasteiger partial charge in [-0.15, -0.1) is 0 Å². The Bertz CT molecular complexity index is 916. The molecular weight excluding hydrogens is 332 g/mol. The fourth-order valence-corrected chi connectivity index (χ4v) is 2.61. The number of amides is 1. The molecule has 1 aromatic carbocycles. The van der Waals surface area contributed by atoms with Crippen molar-refractivity contribution in [3.8, 4) is 0 Å². The van der Waals surface area contributed by atoms with Crippen molar-refractivity contribution >= 4 is 16.9 Å². The van der Waals surface area contributed by atoms with E-state index in [0.717, 1.165) is 12.8 Å². The van der Waals surface area contributed by atoms with Crippen molar-refractivity contribution in [1.82, 2.24) is 25.0 Å². The average molecular weight is 347 g/mol. The minimum absolute atomic E-state index is 0.0560. The molecule has 25 heavy (non-hydrogen) atoms. The molecule has 0 aliphatic heterocycles. The SMILES string of the molecule is O=C(NCC1CC1)c1nc(Cn2c(C(F)F)nc3ccccc32)no1. The van der Waals surface area contributed by atoms with Gasteiger partial charge in [0.15, 0.2) is 11.6 Å². The monoisotopic (exact) mass is 347 g/mol.